The lowest BCUT2D eigenvalue weighted by molar-refractivity contribution is -0.0703. The highest BCUT2D eigenvalue weighted by Crippen LogP contribution is 2.66. The molecule has 1 aromatic rings. The third-order valence-electron chi connectivity index (χ3n) is 9.22. The zero-order chi connectivity index (χ0) is 24.2. The SMILES string of the molecule is COc1cccc(C2(O)CCN(S(=O)(=O)C[C@]34CC[C@@H](CC3O)C4(C)C)CC2CN(C)C)c1. The molecule has 3 fully saturated rings. The number of fused-ring (bicyclic) bond motifs is 2. The van der Waals surface area contributed by atoms with Crippen LogP contribution in [0.2, 0.25) is 0 Å². The Morgan fingerprint density at radius 2 is 1.97 bits per heavy atom. The van der Waals surface area contributed by atoms with Crippen LogP contribution in [-0.2, 0) is 15.6 Å². The Hall–Kier alpha value is -1.19. The van der Waals surface area contributed by atoms with E-state index < -0.39 is 27.1 Å². The summed E-state index contributed by atoms with van der Waals surface area (Å²) < 4.78 is 34.4. The Balaban J connectivity index is 1.60. The second-order valence-electron chi connectivity index (χ2n) is 11.3. The lowest BCUT2D eigenvalue weighted by Gasteiger charge is -2.47. The van der Waals surface area contributed by atoms with E-state index >= 15 is 0 Å². The predicted molar refractivity (Wildman–Crippen MR) is 128 cm³/mol. The zero-order valence-electron chi connectivity index (χ0n) is 20.6. The topological polar surface area (TPSA) is 90.3 Å². The summed E-state index contributed by atoms with van der Waals surface area (Å²) >= 11 is 0. The third kappa shape index (κ3) is 4.01. The van der Waals surface area contributed by atoms with E-state index in [-0.39, 0.29) is 30.2 Å². The van der Waals surface area contributed by atoms with E-state index in [2.05, 4.69) is 13.8 Å². The van der Waals surface area contributed by atoms with Crippen molar-refractivity contribution in [2.24, 2.45) is 22.7 Å². The molecule has 2 N–H and O–H groups in total. The summed E-state index contributed by atoms with van der Waals surface area (Å²) in [7, 11) is 1.87. The summed E-state index contributed by atoms with van der Waals surface area (Å²) in [5.41, 5.74) is -1.17. The molecule has 0 spiro atoms. The van der Waals surface area contributed by atoms with E-state index in [1.165, 1.54) is 0 Å². The number of sulfonamides is 1. The van der Waals surface area contributed by atoms with Crippen molar-refractivity contribution < 1.29 is 23.4 Å². The quantitative estimate of drug-likeness (QED) is 0.622. The lowest BCUT2D eigenvalue weighted by atomic mass is 9.70. The predicted octanol–water partition coefficient (Wildman–Crippen LogP) is 2.28. The molecule has 33 heavy (non-hydrogen) atoms. The number of hydrogen-bond acceptors (Lipinski definition) is 6. The number of ether oxygens (including phenoxy) is 1. The average Bonchev–Trinajstić information content (AvgIpc) is 3.09. The molecule has 0 amide bonds. The molecule has 5 atom stereocenters. The molecule has 0 radical (unpaired) electrons. The van der Waals surface area contributed by atoms with Crippen LogP contribution in [0.5, 0.6) is 5.75 Å². The van der Waals surface area contributed by atoms with E-state index in [1.807, 2.05) is 43.3 Å². The van der Waals surface area contributed by atoms with Gasteiger partial charge in [0.1, 0.15) is 5.75 Å². The van der Waals surface area contributed by atoms with Crippen LogP contribution in [0.15, 0.2) is 24.3 Å². The fraction of sp³-hybridized carbons (Fsp3) is 0.760. The fourth-order valence-electron chi connectivity index (χ4n) is 6.96. The van der Waals surface area contributed by atoms with Crippen LogP contribution < -0.4 is 4.74 Å². The summed E-state index contributed by atoms with van der Waals surface area (Å²) in [5.74, 6) is 0.741. The molecule has 1 aliphatic heterocycles. The smallest absolute Gasteiger partial charge is 0.214 e. The van der Waals surface area contributed by atoms with Gasteiger partial charge in [0.15, 0.2) is 0 Å². The van der Waals surface area contributed by atoms with Gasteiger partial charge < -0.3 is 19.8 Å². The number of benzene rings is 1. The first-order valence-electron chi connectivity index (χ1n) is 12.0. The van der Waals surface area contributed by atoms with Gasteiger partial charge in [0.05, 0.1) is 24.6 Å². The van der Waals surface area contributed by atoms with Crippen molar-refractivity contribution in [1.29, 1.82) is 0 Å². The maximum absolute atomic E-state index is 13.7. The van der Waals surface area contributed by atoms with Crippen LogP contribution in [-0.4, -0.2) is 80.5 Å². The van der Waals surface area contributed by atoms with Gasteiger partial charge in [-0.05, 0) is 68.8 Å². The Morgan fingerprint density at radius 3 is 2.55 bits per heavy atom. The van der Waals surface area contributed by atoms with Crippen LogP contribution in [0.1, 0.15) is 45.1 Å². The molecule has 186 valence electrons. The summed E-state index contributed by atoms with van der Waals surface area (Å²) in [6.07, 6.45) is 2.18. The van der Waals surface area contributed by atoms with Gasteiger partial charge in [-0.1, -0.05) is 26.0 Å². The van der Waals surface area contributed by atoms with Gasteiger partial charge in [-0.3, -0.25) is 0 Å². The molecule has 2 aliphatic carbocycles. The minimum atomic E-state index is -3.61. The Bertz CT molecular complexity index is 981. The number of aliphatic hydroxyl groups is 2. The first kappa shape index (κ1) is 24.9. The largest absolute Gasteiger partial charge is 0.497 e. The van der Waals surface area contributed by atoms with E-state index in [9.17, 15) is 18.6 Å². The van der Waals surface area contributed by atoms with Gasteiger partial charge in [0, 0.05) is 31.0 Å². The molecule has 8 heteroatoms. The summed E-state index contributed by atoms with van der Waals surface area (Å²) in [6, 6.07) is 7.45. The second-order valence-corrected chi connectivity index (χ2v) is 13.3. The highest BCUT2D eigenvalue weighted by Gasteiger charge is 2.65. The van der Waals surface area contributed by atoms with Crippen molar-refractivity contribution in [1.82, 2.24) is 9.21 Å². The number of methoxy groups -OCH3 is 1. The standard InChI is InChI=1S/C25H40N2O5S/c1-23(2)18-9-10-24(23,22(28)14-18)17-33(30,31)27-12-11-25(29,20(16-27)15-26(3)4)19-7-6-8-21(13-19)32-5/h6-8,13,18,20,22,28-29H,9-12,14-17H2,1-5H3/t18-,20?,22?,24+,25?/m0/s1. The molecule has 7 nitrogen and oxygen atoms in total. The normalized spacial score (nSPS) is 36.4. The molecule has 2 saturated carbocycles. The lowest BCUT2D eigenvalue weighted by Crippen LogP contribution is -2.56. The van der Waals surface area contributed by atoms with E-state index in [1.54, 1.807) is 11.4 Å². The van der Waals surface area contributed by atoms with E-state index in [0.717, 1.165) is 18.4 Å². The highest BCUT2D eigenvalue weighted by atomic mass is 32.2. The molecular weight excluding hydrogens is 440 g/mol. The van der Waals surface area contributed by atoms with Gasteiger partial charge in [0.2, 0.25) is 10.0 Å². The van der Waals surface area contributed by atoms with Crippen molar-refractivity contribution in [2.45, 2.75) is 51.2 Å². The summed E-state index contributed by atoms with van der Waals surface area (Å²) in [6.45, 7) is 5.33. The van der Waals surface area contributed by atoms with Gasteiger partial charge in [0.25, 0.3) is 0 Å². The zero-order valence-corrected chi connectivity index (χ0v) is 21.4. The van der Waals surface area contributed by atoms with Crippen molar-refractivity contribution in [2.75, 3.05) is 46.6 Å². The second kappa shape index (κ2) is 8.48. The van der Waals surface area contributed by atoms with Gasteiger partial charge >= 0.3 is 0 Å². The minimum absolute atomic E-state index is 0.0169. The first-order chi connectivity index (χ1) is 15.4. The molecule has 3 unspecified atom stereocenters. The Labute approximate surface area is 198 Å². The number of piperidine rings is 1. The van der Waals surface area contributed by atoms with E-state index in [0.29, 0.717) is 31.1 Å². The summed E-state index contributed by atoms with van der Waals surface area (Å²) in [5, 5.41) is 22.7. The summed E-state index contributed by atoms with van der Waals surface area (Å²) in [4.78, 5) is 2.00. The maximum Gasteiger partial charge on any atom is 0.214 e. The van der Waals surface area contributed by atoms with Crippen LogP contribution >= 0.6 is 0 Å². The molecule has 1 heterocycles. The molecule has 1 aromatic carbocycles. The highest BCUT2D eigenvalue weighted by molar-refractivity contribution is 7.89. The van der Waals surface area contributed by atoms with Crippen LogP contribution in [0.3, 0.4) is 0 Å². The monoisotopic (exact) mass is 480 g/mol. The Morgan fingerprint density at radius 1 is 1.24 bits per heavy atom. The number of rotatable bonds is 7. The fourth-order valence-corrected chi connectivity index (χ4v) is 9.28. The van der Waals surface area contributed by atoms with Crippen LogP contribution in [0.25, 0.3) is 0 Å². The number of aliphatic hydroxyl groups excluding tert-OH is 1. The van der Waals surface area contributed by atoms with Crippen LogP contribution in [0.4, 0.5) is 0 Å². The Kier molecular flexibility index (Phi) is 6.41. The van der Waals surface area contributed by atoms with Crippen molar-refractivity contribution >= 4 is 10.0 Å². The van der Waals surface area contributed by atoms with E-state index in [4.69, 9.17) is 4.74 Å². The van der Waals surface area contributed by atoms with Crippen molar-refractivity contribution in [3.63, 3.8) is 0 Å². The molecular formula is C25H40N2O5S. The van der Waals surface area contributed by atoms with Crippen LogP contribution in [0, 0.1) is 22.7 Å². The van der Waals surface area contributed by atoms with Gasteiger partial charge in [-0.25, -0.2) is 12.7 Å². The van der Waals surface area contributed by atoms with Gasteiger partial charge in [-0.2, -0.15) is 0 Å². The first-order valence-corrected chi connectivity index (χ1v) is 13.6. The molecule has 0 aromatic heterocycles. The molecule has 1 saturated heterocycles. The van der Waals surface area contributed by atoms with Gasteiger partial charge in [-0.15, -0.1) is 0 Å². The molecule has 4 rings (SSSR count). The number of hydrogen-bond donors (Lipinski definition) is 2. The third-order valence-corrected chi connectivity index (χ3v) is 11.2. The molecule has 3 aliphatic rings. The number of nitrogens with zero attached hydrogens (tertiary/aromatic N) is 2. The van der Waals surface area contributed by atoms with Crippen molar-refractivity contribution in [3.05, 3.63) is 29.8 Å². The molecule has 2 bridgehead atoms. The minimum Gasteiger partial charge on any atom is -0.497 e. The maximum atomic E-state index is 13.7. The van der Waals surface area contributed by atoms with Crippen molar-refractivity contribution in [3.8, 4) is 5.75 Å². The average molecular weight is 481 g/mol.